The van der Waals surface area contributed by atoms with Gasteiger partial charge in [0.05, 0.1) is 0 Å². The molecule has 6 saturated carbocycles. The Balaban J connectivity index is 0. The first-order valence-electron chi connectivity index (χ1n) is 13.5. The largest absolute Gasteiger partial charge is 0.0776 e. The molecule has 0 aromatic heterocycles. The SMILES string of the molecule is C.C.CC.CC.CC(C)C12CC(C(C)C)(C1)C2.CC(C)C12CCC(C(C)C)(CC1)CC2. The molecule has 6 aliphatic carbocycles. The molecule has 0 heteroatoms. The Morgan fingerprint density at radius 1 is 0.355 bits per heavy atom. The molecule has 0 saturated heterocycles. The van der Waals surface area contributed by atoms with Crippen LogP contribution in [0.4, 0.5) is 0 Å². The van der Waals surface area contributed by atoms with Crippen LogP contribution in [0.5, 0.6) is 0 Å². The van der Waals surface area contributed by atoms with Gasteiger partial charge in [0.1, 0.15) is 0 Å². The minimum atomic E-state index is 0. The van der Waals surface area contributed by atoms with Crippen LogP contribution >= 0.6 is 0 Å². The number of rotatable bonds is 4. The lowest BCUT2D eigenvalue weighted by Gasteiger charge is -2.75. The summed E-state index contributed by atoms with van der Waals surface area (Å²) in [6.07, 6.45) is 13.7. The van der Waals surface area contributed by atoms with Crippen molar-refractivity contribution in [2.75, 3.05) is 0 Å². The second kappa shape index (κ2) is 12.5. The highest BCUT2D eigenvalue weighted by atomic mass is 14.7. The first-order valence-corrected chi connectivity index (χ1v) is 13.5. The third-order valence-corrected chi connectivity index (χ3v) is 10.4. The molecule has 0 aromatic rings. The average Bonchev–Trinajstić information content (AvgIpc) is 2.64. The highest BCUT2D eigenvalue weighted by Crippen LogP contribution is 2.78. The van der Waals surface area contributed by atoms with E-state index in [1.165, 1.54) is 57.8 Å². The molecule has 0 heterocycles. The summed E-state index contributed by atoms with van der Waals surface area (Å²) in [5, 5.41) is 0. The molecule has 6 rings (SSSR count). The van der Waals surface area contributed by atoms with Crippen LogP contribution in [0, 0.1) is 45.3 Å². The van der Waals surface area contributed by atoms with Gasteiger partial charge in [-0.3, -0.25) is 0 Å². The van der Waals surface area contributed by atoms with E-state index in [1.807, 2.05) is 27.7 Å². The Kier molecular flexibility index (Phi) is 13.3. The molecule has 6 fully saturated rings. The van der Waals surface area contributed by atoms with E-state index in [0.717, 1.165) is 45.3 Å². The van der Waals surface area contributed by atoms with Crippen molar-refractivity contribution in [1.82, 2.24) is 0 Å². The van der Waals surface area contributed by atoms with E-state index in [1.54, 1.807) is 0 Å². The predicted molar refractivity (Wildman–Crippen MR) is 147 cm³/mol. The Morgan fingerprint density at radius 3 is 0.645 bits per heavy atom. The van der Waals surface area contributed by atoms with Crippen molar-refractivity contribution in [1.29, 1.82) is 0 Å². The number of hydrogen-bond acceptors (Lipinski definition) is 0. The van der Waals surface area contributed by atoms with Gasteiger partial charge in [-0.05, 0) is 103 Å². The van der Waals surface area contributed by atoms with Crippen molar-refractivity contribution in [3.05, 3.63) is 0 Å². The molecule has 31 heavy (non-hydrogen) atoms. The Morgan fingerprint density at radius 2 is 0.516 bits per heavy atom. The molecular formula is C31H66. The maximum absolute atomic E-state index is 2.44. The third-order valence-electron chi connectivity index (χ3n) is 10.4. The van der Waals surface area contributed by atoms with E-state index < -0.39 is 0 Å². The van der Waals surface area contributed by atoms with Crippen molar-refractivity contribution >= 4 is 0 Å². The fourth-order valence-electron chi connectivity index (χ4n) is 7.15. The van der Waals surface area contributed by atoms with E-state index >= 15 is 0 Å². The minimum absolute atomic E-state index is 0. The van der Waals surface area contributed by atoms with Gasteiger partial charge in [-0.1, -0.05) is 97.9 Å². The molecule has 0 aliphatic heterocycles. The summed E-state index contributed by atoms with van der Waals surface area (Å²) in [5.74, 6) is 3.69. The molecule has 0 radical (unpaired) electrons. The fourth-order valence-corrected chi connectivity index (χ4v) is 7.15. The molecule has 4 bridgehead atoms. The molecule has 0 spiro atoms. The van der Waals surface area contributed by atoms with Crippen LogP contribution in [0.2, 0.25) is 0 Å². The predicted octanol–water partition coefficient (Wildman–Crippen LogP) is 11.4. The highest BCUT2D eigenvalue weighted by Gasteiger charge is 2.69. The fraction of sp³-hybridized carbons (Fsp3) is 1.00. The Bertz CT molecular complexity index is 392. The highest BCUT2D eigenvalue weighted by molar-refractivity contribution is 5.18. The molecule has 6 aliphatic rings. The van der Waals surface area contributed by atoms with Gasteiger partial charge in [0.2, 0.25) is 0 Å². The molecular weight excluding hydrogens is 372 g/mol. The lowest BCUT2D eigenvalue weighted by atomic mass is 9.30. The van der Waals surface area contributed by atoms with E-state index in [4.69, 9.17) is 0 Å². The maximum atomic E-state index is 2.44. The second-order valence-electron chi connectivity index (χ2n) is 12.1. The maximum Gasteiger partial charge on any atom is -0.0258 e. The summed E-state index contributed by atoms with van der Waals surface area (Å²) >= 11 is 0. The van der Waals surface area contributed by atoms with Gasteiger partial charge in [0, 0.05) is 0 Å². The third kappa shape index (κ3) is 5.93. The summed E-state index contributed by atoms with van der Waals surface area (Å²) in [6, 6.07) is 0. The van der Waals surface area contributed by atoms with Crippen LogP contribution < -0.4 is 0 Å². The van der Waals surface area contributed by atoms with Gasteiger partial charge >= 0.3 is 0 Å². The lowest BCUT2D eigenvalue weighted by molar-refractivity contribution is -0.252. The zero-order valence-corrected chi connectivity index (χ0v) is 22.7. The number of hydrogen-bond donors (Lipinski definition) is 0. The van der Waals surface area contributed by atoms with Gasteiger partial charge < -0.3 is 0 Å². The quantitative estimate of drug-likeness (QED) is 0.409. The van der Waals surface area contributed by atoms with E-state index in [2.05, 4.69) is 55.4 Å². The molecule has 0 unspecified atom stereocenters. The van der Waals surface area contributed by atoms with Gasteiger partial charge in [-0.2, -0.15) is 0 Å². The van der Waals surface area contributed by atoms with Crippen molar-refractivity contribution < 1.29 is 0 Å². The molecule has 0 nitrogen and oxygen atoms in total. The van der Waals surface area contributed by atoms with E-state index in [9.17, 15) is 0 Å². The molecule has 0 N–H and O–H groups in total. The molecule has 0 amide bonds. The Hall–Kier alpha value is 0. The first kappa shape index (κ1) is 33.2. The van der Waals surface area contributed by atoms with Crippen LogP contribution in [0.15, 0.2) is 0 Å². The van der Waals surface area contributed by atoms with Crippen molar-refractivity contribution in [2.24, 2.45) is 45.3 Å². The zero-order valence-electron chi connectivity index (χ0n) is 22.7. The molecule has 0 aromatic carbocycles. The zero-order chi connectivity index (χ0) is 22.7. The van der Waals surface area contributed by atoms with Gasteiger partial charge in [-0.25, -0.2) is 0 Å². The van der Waals surface area contributed by atoms with Crippen LogP contribution in [-0.4, -0.2) is 0 Å². The monoisotopic (exact) mass is 439 g/mol. The summed E-state index contributed by atoms with van der Waals surface area (Å²) in [4.78, 5) is 0. The second-order valence-corrected chi connectivity index (χ2v) is 12.1. The smallest absolute Gasteiger partial charge is 0.0258 e. The summed E-state index contributed by atoms with van der Waals surface area (Å²) < 4.78 is 0. The molecule has 190 valence electrons. The topological polar surface area (TPSA) is 0 Å². The standard InChI is InChI=1S/C14H26.C11H20.2C2H6.2CH4/c1-11(2)13-5-8-14(9-6-13,10-7-13)12(3)4;1-8(2)10-5-11(6-10,7-10)9(3)4;2*1-2;;/h11-12H,5-10H2,1-4H3;8-9H,5-7H2,1-4H3;2*1-2H3;2*1H4. The average molecular weight is 439 g/mol. The van der Waals surface area contributed by atoms with Gasteiger partial charge in [0.15, 0.2) is 0 Å². The van der Waals surface area contributed by atoms with Crippen molar-refractivity contribution in [2.45, 2.75) is 156 Å². The summed E-state index contributed by atoms with van der Waals surface area (Å²) in [6.45, 7) is 27.3. The van der Waals surface area contributed by atoms with Crippen LogP contribution in [0.1, 0.15) is 156 Å². The van der Waals surface area contributed by atoms with Crippen LogP contribution in [0.3, 0.4) is 0 Å². The first-order chi connectivity index (χ1) is 13.5. The lowest BCUT2D eigenvalue weighted by Crippen LogP contribution is -2.66. The van der Waals surface area contributed by atoms with Crippen LogP contribution in [-0.2, 0) is 0 Å². The van der Waals surface area contributed by atoms with Crippen molar-refractivity contribution in [3.63, 3.8) is 0 Å². The van der Waals surface area contributed by atoms with Crippen molar-refractivity contribution in [3.8, 4) is 0 Å². The number of fused-ring (bicyclic) bond motifs is 3. The van der Waals surface area contributed by atoms with E-state index in [-0.39, 0.29) is 14.9 Å². The summed E-state index contributed by atoms with van der Waals surface area (Å²) in [5.41, 5.74) is 3.11. The van der Waals surface area contributed by atoms with Gasteiger partial charge in [0.25, 0.3) is 0 Å². The van der Waals surface area contributed by atoms with E-state index in [0.29, 0.717) is 0 Å². The summed E-state index contributed by atoms with van der Waals surface area (Å²) in [7, 11) is 0. The normalized spacial score (nSPS) is 36.4. The molecule has 0 atom stereocenters. The Labute approximate surface area is 201 Å². The van der Waals surface area contributed by atoms with Gasteiger partial charge in [-0.15, -0.1) is 0 Å². The minimum Gasteiger partial charge on any atom is -0.0776 e. The van der Waals surface area contributed by atoms with Crippen LogP contribution in [0.25, 0.3) is 0 Å².